The fraction of sp³-hybridized carbons (Fsp3) is 0.750. The van der Waals surface area contributed by atoms with E-state index in [-0.39, 0.29) is 0 Å². The second kappa shape index (κ2) is 5.71. The van der Waals surface area contributed by atoms with Crippen LogP contribution < -0.4 is 15.2 Å². The Balaban J connectivity index is 2.83. The van der Waals surface area contributed by atoms with Crippen LogP contribution in [-0.4, -0.2) is 12.6 Å². The van der Waals surface area contributed by atoms with Crippen LogP contribution in [0.15, 0.2) is 0 Å². The summed E-state index contributed by atoms with van der Waals surface area (Å²) < 4.78 is 5.20. The normalized spacial score (nSPS) is 9.00. The molecule has 4 nitrogen and oxygen atoms in total. The van der Waals surface area contributed by atoms with Crippen molar-refractivity contribution in [1.29, 1.82) is 0 Å². The molecular formula is C4H11N3OS. The number of carbonyl (C=O) groups excluding carboxylic acids is 1. The van der Waals surface area contributed by atoms with Gasteiger partial charge in [0.25, 0.3) is 0 Å². The van der Waals surface area contributed by atoms with E-state index >= 15 is 0 Å². The Kier molecular flexibility index (Phi) is 5.45. The van der Waals surface area contributed by atoms with E-state index in [0.29, 0.717) is 0 Å². The molecule has 0 rings (SSSR count). The number of hydrogen-bond donors (Lipinski definition) is 3. The zero-order chi connectivity index (χ0) is 7.11. The fourth-order valence-corrected chi connectivity index (χ4v) is 0.718. The molecule has 0 aromatic heterocycles. The lowest BCUT2D eigenvalue weighted by atomic mass is 10.5. The minimum absolute atomic E-state index is 0.524. The lowest BCUT2D eigenvalue weighted by molar-refractivity contribution is 0.254. The second-order valence-electron chi connectivity index (χ2n) is 1.46. The van der Waals surface area contributed by atoms with E-state index < -0.39 is 6.03 Å². The Labute approximate surface area is 58.8 Å². The van der Waals surface area contributed by atoms with Crippen molar-refractivity contribution in [3.63, 3.8) is 0 Å². The number of nitrogens with two attached hydrogens (primary N) is 1. The van der Waals surface area contributed by atoms with Gasteiger partial charge >= 0.3 is 6.03 Å². The molecule has 0 heterocycles. The number of amides is 2. The van der Waals surface area contributed by atoms with E-state index in [9.17, 15) is 4.79 Å². The van der Waals surface area contributed by atoms with Crippen LogP contribution in [0.1, 0.15) is 13.3 Å². The van der Waals surface area contributed by atoms with Crippen molar-refractivity contribution in [3.8, 4) is 0 Å². The number of urea groups is 1. The molecule has 0 aromatic rings. The zero-order valence-electron chi connectivity index (χ0n) is 5.31. The summed E-state index contributed by atoms with van der Waals surface area (Å²) >= 11 is 1.11. The van der Waals surface area contributed by atoms with Crippen molar-refractivity contribution in [1.82, 2.24) is 9.44 Å². The van der Waals surface area contributed by atoms with E-state index in [1.54, 1.807) is 0 Å². The van der Waals surface area contributed by atoms with E-state index in [2.05, 4.69) is 9.44 Å². The van der Waals surface area contributed by atoms with Gasteiger partial charge in [-0.25, -0.2) is 9.52 Å². The summed E-state index contributed by atoms with van der Waals surface area (Å²) in [6.07, 6.45) is 1.04. The molecular weight excluding hydrogens is 138 g/mol. The molecule has 5 heteroatoms. The molecule has 0 radical (unpaired) electrons. The van der Waals surface area contributed by atoms with Gasteiger partial charge in [0.1, 0.15) is 0 Å². The van der Waals surface area contributed by atoms with Gasteiger partial charge in [-0.05, 0) is 6.42 Å². The molecule has 0 unspecified atom stereocenters. The smallest absolute Gasteiger partial charge is 0.323 e. The quantitative estimate of drug-likeness (QED) is 0.395. The maximum absolute atomic E-state index is 10.0. The van der Waals surface area contributed by atoms with Crippen molar-refractivity contribution < 1.29 is 4.79 Å². The largest absolute Gasteiger partial charge is 0.351 e. The number of nitrogens with one attached hydrogen (secondary N) is 2. The molecule has 0 aliphatic carbocycles. The predicted octanol–water partition coefficient (Wildman–Crippen LogP) is 0.218. The van der Waals surface area contributed by atoms with Crippen LogP contribution >= 0.6 is 12.1 Å². The molecule has 0 aromatic carbocycles. The number of carbonyl (C=O) groups is 1. The van der Waals surface area contributed by atoms with E-state index in [1.165, 1.54) is 0 Å². The second-order valence-corrected chi connectivity index (χ2v) is 2.16. The Bertz CT molecular complexity index is 87.9. The molecule has 0 aliphatic heterocycles. The standard InChI is InChI=1S/C4H11N3OS/c1-2-3-6-9-7-4(5)8/h6H,2-3H2,1H3,(H3,5,7,8). The summed E-state index contributed by atoms with van der Waals surface area (Å²) in [5.74, 6) is 0. The van der Waals surface area contributed by atoms with Gasteiger partial charge in [-0.2, -0.15) is 0 Å². The Morgan fingerprint density at radius 2 is 2.44 bits per heavy atom. The molecule has 2 amide bonds. The number of hydrogen-bond acceptors (Lipinski definition) is 3. The highest BCUT2D eigenvalue weighted by Gasteiger charge is 1.87. The Morgan fingerprint density at radius 1 is 1.78 bits per heavy atom. The summed E-state index contributed by atoms with van der Waals surface area (Å²) in [6.45, 7) is 2.91. The third kappa shape index (κ3) is 7.58. The molecule has 0 fully saturated rings. The average Bonchev–Trinajstić information content (AvgIpc) is 1.80. The summed E-state index contributed by atoms with van der Waals surface area (Å²) in [6, 6.07) is -0.524. The first-order valence-corrected chi connectivity index (χ1v) is 3.53. The highest BCUT2D eigenvalue weighted by atomic mass is 32.2. The predicted molar refractivity (Wildman–Crippen MR) is 38.6 cm³/mol. The summed E-state index contributed by atoms with van der Waals surface area (Å²) in [4.78, 5) is 10.0. The number of primary amides is 1. The first-order chi connectivity index (χ1) is 4.27. The van der Waals surface area contributed by atoms with Gasteiger partial charge < -0.3 is 5.73 Å². The van der Waals surface area contributed by atoms with Crippen molar-refractivity contribution in [2.45, 2.75) is 13.3 Å². The third-order valence-corrected chi connectivity index (χ3v) is 1.23. The highest BCUT2D eigenvalue weighted by Crippen LogP contribution is 1.83. The Hall–Kier alpha value is -0.420. The minimum atomic E-state index is -0.524. The molecule has 0 saturated carbocycles. The average molecular weight is 149 g/mol. The van der Waals surface area contributed by atoms with Crippen molar-refractivity contribution in [2.75, 3.05) is 6.54 Å². The minimum Gasteiger partial charge on any atom is -0.351 e. The SMILES string of the molecule is CCCNSNC(N)=O. The molecule has 0 saturated heterocycles. The molecule has 4 N–H and O–H groups in total. The van der Waals surface area contributed by atoms with Gasteiger partial charge in [-0.1, -0.05) is 6.92 Å². The summed E-state index contributed by atoms with van der Waals surface area (Å²) in [5, 5.41) is 0. The zero-order valence-corrected chi connectivity index (χ0v) is 6.12. The molecule has 54 valence electrons. The monoisotopic (exact) mass is 149 g/mol. The van der Waals surface area contributed by atoms with Gasteiger partial charge in [0.05, 0.1) is 0 Å². The van der Waals surface area contributed by atoms with Crippen LogP contribution in [0.3, 0.4) is 0 Å². The van der Waals surface area contributed by atoms with Crippen LogP contribution in [0.25, 0.3) is 0 Å². The fourth-order valence-electron chi connectivity index (χ4n) is 0.239. The van der Waals surface area contributed by atoms with Gasteiger partial charge in [0.15, 0.2) is 0 Å². The first-order valence-electron chi connectivity index (χ1n) is 2.71. The van der Waals surface area contributed by atoms with Crippen LogP contribution in [0.4, 0.5) is 4.79 Å². The third-order valence-electron chi connectivity index (χ3n) is 0.576. The molecule has 0 spiro atoms. The lowest BCUT2D eigenvalue weighted by Crippen LogP contribution is -2.26. The van der Waals surface area contributed by atoms with E-state index in [1.807, 2.05) is 6.92 Å². The molecule has 0 aliphatic rings. The van der Waals surface area contributed by atoms with Gasteiger partial charge in [-0.15, -0.1) is 0 Å². The van der Waals surface area contributed by atoms with E-state index in [4.69, 9.17) is 5.73 Å². The van der Waals surface area contributed by atoms with E-state index in [0.717, 1.165) is 25.1 Å². The highest BCUT2D eigenvalue weighted by molar-refractivity contribution is 7.96. The topological polar surface area (TPSA) is 67.2 Å². The van der Waals surface area contributed by atoms with Crippen LogP contribution in [-0.2, 0) is 0 Å². The molecule has 9 heavy (non-hydrogen) atoms. The van der Waals surface area contributed by atoms with Gasteiger partial charge in [0.2, 0.25) is 0 Å². The maximum Gasteiger partial charge on any atom is 0.323 e. The van der Waals surface area contributed by atoms with Crippen LogP contribution in [0.2, 0.25) is 0 Å². The molecule has 0 bridgehead atoms. The number of rotatable bonds is 4. The van der Waals surface area contributed by atoms with Crippen molar-refractivity contribution in [2.24, 2.45) is 5.73 Å². The lowest BCUT2D eigenvalue weighted by Gasteiger charge is -1.99. The summed E-state index contributed by atoms with van der Waals surface area (Å²) in [5.41, 5.74) is 4.76. The Morgan fingerprint density at radius 3 is 2.89 bits per heavy atom. The van der Waals surface area contributed by atoms with Gasteiger partial charge in [0, 0.05) is 18.7 Å². The van der Waals surface area contributed by atoms with Crippen molar-refractivity contribution >= 4 is 18.2 Å². The van der Waals surface area contributed by atoms with Crippen LogP contribution in [0, 0.1) is 0 Å². The van der Waals surface area contributed by atoms with Crippen molar-refractivity contribution in [3.05, 3.63) is 0 Å². The molecule has 0 atom stereocenters. The van der Waals surface area contributed by atoms with Gasteiger partial charge in [-0.3, -0.25) is 4.72 Å². The maximum atomic E-state index is 10.0. The first kappa shape index (κ1) is 8.58. The summed E-state index contributed by atoms with van der Waals surface area (Å²) in [7, 11) is 0. The van der Waals surface area contributed by atoms with Crippen LogP contribution in [0.5, 0.6) is 0 Å².